The van der Waals surface area contributed by atoms with E-state index in [1.807, 2.05) is 6.92 Å². The van der Waals surface area contributed by atoms with Crippen molar-refractivity contribution in [2.24, 2.45) is 0 Å². The second-order valence-corrected chi connectivity index (χ2v) is 6.98. The number of hydrogen-bond donors (Lipinski definition) is 2. The van der Waals surface area contributed by atoms with Gasteiger partial charge in [0.15, 0.2) is 5.82 Å². The first kappa shape index (κ1) is 14.4. The number of benzene rings is 1. The molecule has 1 aromatic heterocycles. The van der Waals surface area contributed by atoms with Crippen molar-refractivity contribution < 1.29 is 8.42 Å². The van der Waals surface area contributed by atoms with Crippen molar-refractivity contribution in [2.75, 3.05) is 4.72 Å². The molecule has 0 aliphatic carbocycles. The van der Waals surface area contributed by atoms with E-state index in [4.69, 9.17) is 11.6 Å². The summed E-state index contributed by atoms with van der Waals surface area (Å²) in [5.74, 6) is 0.275. The molecule has 0 unspecified atom stereocenters. The fourth-order valence-corrected chi connectivity index (χ4v) is 3.56. The minimum absolute atomic E-state index is 0.0115. The average molecular weight is 365 g/mol. The van der Waals surface area contributed by atoms with Gasteiger partial charge in [-0.15, -0.1) is 0 Å². The lowest BCUT2D eigenvalue weighted by molar-refractivity contribution is 0.601. The monoisotopic (exact) mass is 363 g/mol. The Morgan fingerprint density at radius 2 is 2.05 bits per heavy atom. The fourth-order valence-electron chi connectivity index (χ4n) is 1.46. The van der Waals surface area contributed by atoms with E-state index in [9.17, 15) is 8.42 Å². The normalized spacial score (nSPS) is 11.6. The predicted molar refractivity (Wildman–Crippen MR) is 78.0 cm³/mol. The van der Waals surface area contributed by atoms with Crippen LogP contribution in [0.25, 0.3) is 0 Å². The molecule has 1 aromatic carbocycles. The van der Waals surface area contributed by atoms with Crippen molar-refractivity contribution in [3.05, 3.63) is 39.0 Å². The topological polar surface area (TPSA) is 74.8 Å². The van der Waals surface area contributed by atoms with E-state index in [2.05, 4.69) is 30.8 Å². The van der Waals surface area contributed by atoms with Crippen LogP contribution in [0.5, 0.6) is 0 Å². The van der Waals surface area contributed by atoms with Crippen LogP contribution in [-0.2, 0) is 10.0 Å². The van der Waals surface area contributed by atoms with Crippen LogP contribution in [0.15, 0.2) is 27.6 Å². The number of nitrogens with one attached hydrogen (secondary N) is 2. The zero-order chi connectivity index (χ0) is 14.2. The van der Waals surface area contributed by atoms with Crippen molar-refractivity contribution in [1.82, 2.24) is 10.2 Å². The smallest absolute Gasteiger partial charge is 0.264 e. The highest BCUT2D eigenvalue weighted by Gasteiger charge is 2.20. The number of aryl methyl sites for hydroxylation is 1. The highest BCUT2D eigenvalue weighted by Crippen LogP contribution is 2.27. The van der Waals surface area contributed by atoms with Crippen molar-refractivity contribution in [3.63, 3.8) is 0 Å². The molecule has 0 radical (unpaired) electrons. The summed E-state index contributed by atoms with van der Waals surface area (Å²) in [7, 11) is -3.76. The molecule has 2 N–H and O–H groups in total. The first-order valence-corrected chi connectivity index (χ1v) is 7.96. The average Bonchev–Trinajstić information content (AvgIpc) is 2.60. The third-order valence-electron chi connectivity index (χ3n) is 2.67. The third kappa shape index (κ3) is 2.93. The maximum Gasteiger partial charge on any atom is 0.264 e. The van der Waals surface area contributed by atoms with E-state index in [-0.39, 0.29) is 15.7 Å². The molecule has 0 fully saturated rings. The van der Waals surface area contributed by atoms with Crippen LogP contribution in [0.4, 0.5) is 5.82 Å². The van der Waals surface area contributed by atoms with Gasteiger partial charge >= 0.3 is 0 Å². The van der Waals surface area contributed by atoms with Gasteiger partial charge in [-0.05, 0) is 32.0 Å². The van der Waals surface area contributed by atoms with E-state index in [0.29, 0.717) is 4.47 Å². The number of H-pyrrole nitrogens is 1. The van der Waals surface area contributed by atoms with Gasteiger partial charge < -0.3 is 0 Å². The number of sulfonamides is 1. The van der Waals surface area contributed by atoms with E-state index >= 15 is 0 Å². The zero-order valence-corrected chi connectivity index (χ0v) is 13.3. The SMILES string of the molecule is Cc1[nH]nc(NS(=O)(=O)c2ccc(Br)cc2Cl)c1C. The maximum absolute atomic E-state index is 12.2. The maximum atomic E-state index is 12.2. The third-order valence-corrected chi connectivity index (χ3v) is 4.98. The number of aromatic amines is 1. The Bertz CT molecular complexity index is 728. The number of nitrogens with zero attached hydrogens (tertiary/aromatic N) is 1. The summed E-state index contributed by atoms with van der Waals surface area (Å²) in [6.07, 6.45) is 0. The summed E-state index contributed by atoms with van der Waals surface area (Å²) in [6, 6.07) is 4.57. The Morgan fingerprint density at radius 3 is 2.58 bits per heavy atom. The van der Waals surface area contributed by atoms with Gasteiger partial charge in [0.1, 0.15) is 4.90 Å². The molecule has 2 rings (SSSR count). The molecule has 0 saturated heterocycles. The number of aromatic nitrogens is 2. The van der Waals surface area contributed by atoms with Crippen LogP contribution < -0.4 is 4.72 Å². The first-order valence-electron chi connectivity index (χ1n) is 5.30. The Morgan fingerprint density at radius 1 is 1.37 bits per heavy atom. The number of hydrogen-bond acceptors (Lipinski definition) is 3. The standard InChI is InChI=1S/C11H11BrClN3O2S/c1-6-7(2)14-15-11(6)16-19(17,18)10-4-3-8(12)5-9(10)13/h3-5H,1-2H3,(H2,14,15,16). The Hall–Kier alpha value is -1.05. The van der Waals surface area contributed by atoms with Crippen molar-refractivity contribution in [2.45, 2.75) is 18.7 Å². The van der Waals surface area contributed by atoms with Crippen LogP contribution in [0.1, 0.15) is 11.3 Å². The quantitative estimate of drug-likeness (QED) is 0.878. The van der Waals surface area contributed by atoms with Crippen LogP contribution in [0.3, 0.4) is 0 Å². The molecule has 0 aliphatic rings. The molecule has 0 atom stereocenters. The molecular formula is C11H11BrClN3O2S. The van der Waals surface area contributed by atoms with Crippen LogP contribution >= 0.6 is 27.5 Å². The Balaban J connectivity index is 2.41. The largest absolute Gasteiger partial charge is 0.280 e. The molecular weight excluding hydrogens is 354 g/mol. The first-order chi connectivity index (χ1) is 8.81. The lowest BCUT2D eigenvalue weighted by Crippen LogP contribution is -2.14. The van der Waals surface area contributed by atoms with Gasteiger partial charge in [-0.3, -0.25) is 9.82 Å². The van der Waals surface area contributed by atoms with Crippen LogP contribution in [0.2, 0.25) is 5.02 Å². The minimum atomic E-state index is -3.76. The van der Waals surface area contributed by atoms with Gasteiger partial charge in [0.05, 0.1) is 5.02 Å². The molecule has 2 aromatic rings. The van der Waals surface area contributed by atoms with Gasteiger partial charge in [-0.25, -0.2) is 8.42 Å². The summed E-state index contributed by atoms with van der Waals surface area (Å²) >= 11 is 9.18. The second-order valence-electron chi connectivity index (χ2n) is 4.00. The highest BCUT2D eigenvalue weighted by atomic mass is 79.9. The van der Waals surface area contributed by atoms with Crippen molar-refractivity contribution in [3.8, 4) is 0 Å². The molecule has 102 valence electrons. The molecule has 0 saturated carbocycles. The summed E-state index contributed by atoms with van der Waals surface area (Å²) < 4.78 is 27.6. The summed E-state index contributed by atoms with van der Waals surface area (Å²) in [6.45, 7) is 3.59. The van der Waals surface area contributed by atoms with Gasteiger partial charge in [-0.2, -0.15) is 5.10 Å². The Kier molecular flexibility index (Phi) is 3.89. The number of halogens is 2. The van der Waals surface area contributed by atoms with Crippen molar-refractivity contribution >= 4 is 43.4 Å². The lowest BCUT2D eigenvalue weighted by atomic mass is 10.3. The van der Waals surface area contributed by atoms with Gasteiger partial charge in [0.2, 0.25) is 0 Å². The van der Waals surface area contributed by atoms with Crippen molar-refractivity contribution in [1.29, 1.82) is 0 Å². The molecule has 0 aliphatic heterocycles. The summed E-state index contributed by atoms with van der Waals surface area (Å²) in [5, 5.41) is 6.77. The predicted octanol–water partition coefficient (Wildman–Crippen LogP) is 3.24. The van der Waals surface area contributed by atoms with Gasteiger partial charge in [0.25, 0.3) is 10.0 Å². The summed E-state index contributed by atoms with van der Waals surface area (Å²) in [5.41, 5.74) is 1.55. The van der Waals surface area contributed by atoms with Gasteiger partial charge in [-0.1, -0.05) is 27.5 Å². The van der Waals surface area contributed by atoms with Gasteiger partial charge in [0, 0.05) is 15.7 Å². The molecule has 0 amide bonds. The molecule has 0 bridgehead atoms. The van der Waals surface area contributed by atoms with E-state index in [1.54, 1.807) is 13.0 Å². The second kappa shape index (κ2) is 5.15. The van der Waals surface area contributed by atoms with E-state index in [0.717, 1.165) is 11.3 Å². The van der Waals surface area contributed by atoms with E-state index in [1.165, 1.54) is 12.1 Å². The van der Waals surface area contributed by atoms with E-state index < -0.39 is 10.0 Å². The molecule has 1 heterocycles. The van der Waals surface area contributed by atoms with Crippen LogP contribution in [-0.4, -0.2) is 18.6 Å². The molecule has 19 heavy (non-hydrogen) atoms. The molecule has 0 spiro atoms. The summed E-state index contributed by atoms with van der Waals surface area (Å²) in [4.78, 5) is 0.0115. The lowest BCUT2D eigenvalue weighted by Gasteiger charge is -2.08. The number of anilines is 1. The minimum Gasteiger partial charge on any atom is -0.280 e. The number of rotatable bonds is 3. The molecule has 5 nitrogen and oxygen atoms in total. The zero-order valence-electron chi connectivity index (χ0n) is 10.2. The highest BCUT2D eigenvalue weighted by molar-refractivity contribution is 9.10. The molecule has 8 heteroatoms. The Labute approximate surface area is 124 Å². The fraction of sp³-hybridized carbons (Fsp3) is 0.182. The van der Waals surface area contributed by atoms with Crippen LogP contribution in [0, 0.1) is 13.8 Å².